The van der Waals surface area contributed by atoms with E-state index in [1.54, 1.807) is 0 Å². The lowest BCUT2D eigenvalue weighted by atomic mass is 9.79. The molecule has 4 heteroatoms. The molecule has 4 nitrogen and oxygen atoms in total. The molecular weight excluding hydrogens is 428 g/mol. The maximum absolute atomic E-state index is 10.1. The average molecular weight is 459 g/mol. The van der Waals surface area contributed by atoms with Crippen LogP contribution >= 0.6 is 0 Å². The summed E-state index contributed by atoms with van der Waals surface area (Å²) < 4.78 is 0. The Kier molecular flexibility index (Phi) is 5.73. The Bertz CT molecular complexity index is 1450. The molecule has 0 bridgehead atoms. The summed E-state index contributed by atoms with van der Waals surface area (Å²) in [6.07, 6.45) is 1.89. The summed E-state index contributed by atoms with van der Waals surface area (Å²) in [5.74, 6) is 2.15. The van der Waals surface area contributed by atoms with E-state index in [4.69, 9.17) is 0 Å². The van der Waals surface area contributed by atoms with Crippen LogP contribution < -0.4 is 0 Å². The Labute approximate surface area is 207 Å². The first-order chi connectivity index (χ1) is 16.7. The van der Waals surface area contributed by atoms with Gasteiger partial charge in [-0.25, -0.2) is 15.0 Å². The number of aromatic nitrogens is 3. The highest BCUT2D eigenvalue weighted by Gasteiger charge is 2.28. The second kappa shape index (κ2) is 8.74. The van der Waals surface area contributed by atoms with Gasteiger partial charge in [0.25, 0.3) is 0 Å². The zero-order valence-corrected chi connectivity index (χ0v) is 21.1. The smallest absolute Gasteiger partial charge is 0.163 e. The summed E-state index contributed by atoms with van der Waals surface area (Å²) in [6.45, 7) is 10.5. The van der Waals surface area contributed by atoms with E-state index in [1.807, 2.05) is 26.0 Å². The second-order valence-electron chi connectivity index (χ2n) is 10.5. The van der Waals surface area contributed by atoms with Gasteiger partial charge in [-0.05, 0) is 83.7 Å². The van der Waals surface area contributed by atoms with Gasteiger partial charge in [0.15, 0.2) is 5.82 Å². The zero-order valence-electron chi connectivity index (χ0n) is 21.1. The first-order valence-electron chi connectivity index (χ1n) is 12.2. The van der Waals surface area contributed by atoms with E-state index >= 15 is 0 Å². The Hall–Kier alpha value is -3.84. The molecule has 0 fully saturated rings. The van der Waals surface area contributed by atoms with Crippen molar-refractivity contribution in [3.8, 4) is 28.6 Å². The van der Waals surface area contributed by atoms with E-state index in [9.17, 15) is 5.26 Å². The lowest BCUT2D eigenvalue weighted by Gasteiger charge is -2.25. The number of fused-ring (bicyclic) bond motifs is 3. The number of hydrogen-bond donors (Lipinski definition) is 0. The molecule has 0 spiro atoms. The Morgan fingerprint density at radius 2 is 1.57 bits per heavy atom. The third-order valence-corrected chi connectivity index (χ3v) is 6.97. The van der Waals surface area contributed by atoms with Crippen molar-refractivity contribution in [2.75, 3.05) is 0 Å². The molecule has 174 valence electrons. The van der Waals surface area contributed by atoms with Gasteiger partial charge >= 0.3 is 0 Å². The maximum Gasteiger partial charge on any atom is 0.163 e. The molecule has 1 aliphatic carbocycles. The molecule has 5 rings (SSSR count). The largest absolute Gasteiger partial charge is 0.219 e. The van der Waals surface area contributed by atoms with Crippen LogP contribution in [0.15, 0.2) is 60.7 Å². The summed E-state index contributed by atoms with van der Waals surface area (Å²) in [7, 11) is 0. The summed E-state index contributed by atoms with van der Waals surface area (Å²) in [5, 5.41) is 10.1. The van der Waals surface area contributed by atoms with Crippen molar-refractivity contribution in [1.29, 1.82) is 5.26 Å². The maximum atomic E-state index is 10.1. The molecule has 0 radical (unpaired) electrons. The summed E-state index contributed by atoms with van der Waals surface area (Å²) in [5.41, 5.74) is 9.21. The van der Waals surface area contributed by atoms with Gasteiger partial charge in [-0.3, -0.25) is 0 Å². The van der Waals surface area contributed by atoms with E-state index in [-0.39, 0.29) is 11.3 Å². The normalized spacial score (nSPS) is 15.0. The Morgan fingerprint density at radius 1 is 0.829 bits per heavy atom. The second-order valence-corrected chi connectivity index (χ2v) is 10.5. The highest BCUT2D eigenvalue weighted by atomic mass is 15.0. The number of aryl methyl sites for hydroxylation is 3. The molecule has 1 atom stereocenters. The van der Waals surface area contributed by atoms with Crippen LogP contribution in [0.3, 0.4) is 0 Å². The fraction of sp³-hybridized carbons (Fsp3) is 0.290. The SMILES string of the molecule is Cc1nc(C)nc(-c2ccc(C#N)c(C3CCc4ccccc4-c4ccc(C(C)(C)C)cc43)c2)n1. The van der Waals surface area contributed by atoms with Crippen LogP contribution in [0.5, 0.6) is 0 Å². The molecule has 0 aliphatic heterocycles. The third-order valence-electron chi connectivity index (χ3n) is 6.97. The molecular formula is C31H30N4. The number of hydrogen-bond acceptors (Lipinski definition) is 4. The van der Waals surface area contributed by atoms with Crippen LogP contribution in [-0.4, -0.2) is 15.0 Å². The van der Waals surface area contributed by atoms with Gasteiger partial charge in [0.1, 0.15) is 11.6 Å². The molecule has 1 aliphatic rings. The number of nitriles is 1. The van der Waals surface area contributed by atoms with Gasteiger partial charge in [0.05, 0.1) is 11.6 Å². The quantitative estimate of drug-likeness (QED) is 0.322. The first kappa shape index (κ1) is 22.9. The highest BCUT2D eigenvalue weighted by Crippen LogP contribution is 2.44. The van der Waals surface area contributed by atoms with Crippen LogP contribution in [0.2, 0.25) is 0 Å². The minimum atomic E-state index is 0.0330. The zero-order chi connectivity index (χ0) is 24.7. The van der Waals surface area contributed by atoms with E-state index in [2.05, 4.69) is 90.3 Å². The molecule has 0 N–H and O–H groups in total. The van der Waals surface area contributed by atoms with Gasteiger partial charge in [0.2, 0.25) is 0 Å². The van der Waals surface area contributed by atoms with Crippen molar-refractivity contribution in [3.05, 3.63) is 100 Å². The number of benzene rings is 3. The Balaban J connectivity index is 1.74. The van der Waals surface area contributed by atoms with Gasteiger partial charge in [-0.1, -0.05) is 63.2 Å². The topological polar surface area (TPSA) is 62.5 Å². The summed E-state index contributed by atoms with van der Waals surface area (Å²) in [4.78, 5) is 13.5. The lowest BCUT2D eigenvalue weighted by molar-refractivity contribution is 0.588. The predicted octanol–water partition coefficient (Wildman–Crippen LogP) is 7.07. The number of nitrogens with zero attached hydrogens (tertiary/aromatic N) is 4. The van der Waals surface area contributed by atoms with E-state index in [0.29, 0.717) is 23.0 Å². The van der Waals surface area contributed by atoms with Gasteiger partial charge in [-0.2, -0.15) is 5.26 Å². The molecule has 1 aromatic heterocycles. The molecule has 0 saturated heterocycles. The number of rotatable bonds is 2. The standard InChI is InChI=1S/C31H30N4/c1-19-33-20(2)35-30(34-19)22-10-11-23(18-32)28(16-22)27-14-12-21-8-6-7-9-25(21)26-15-13-24(17-29(26)27)31(3,4)5/h6-11,13,15-17,27H,12,14H2,1-5H3. The molecule has 1 unspecified atom stereocenters. The van der Waals surface area contributed by atoms with Gasteiger partial charge in [-0.15, -0.1) is 0 Å². The van der Waals surface area contributed by atoms with E-state index in [1.165, 1.54) is 27.8 Å². The highest BCUT2D eigenvalue weighted by molar-refractivity contribution is 5.74. The van der Waals surface area contributed by atoms with Gasteiger partial charge in [0, 0.05) is 11.5 Å². The van der Waals surface area contributed by atoms with Crippen molar-refractivity contribution in [1.82, 2.24) is 15.0 Å². The average Bonchev–Trinajstić information content (AvgIpc) is 2.99. The van der Waals surface area contributed by atoms with Crippen LogP contribution in [0.4, 0.5) is 0 Å². The molecule has 35 heavy (non-hydrogen) atoms. The van der Waals surface area contributed by atoms with Crippen molar-refractivity contribution >= 4 is 0 Å². The fourth-order valence-electron chi connectivity index (χ4n) is 5.18. The van der Waals surface area contributed by atoms with Crippen LogP contribution in [0, 0.1) is 25.2 Å². The van der Waals surface area contributed by atoms with Crippen LogP contribution in [0.25, 0.3) is 22.5 Å². The van der Waals surface area contributed by atoms with Crippen molar-refractivity contribution in [2.45, 2.75) is 58.8 Å². The summed E-state index contributed by atoms with van der Waals surface area (Å²) in [6, 6.07) is 24.1. The Morgan fingerprint density at radius 3 is 2.29 bits per heavy atom. The van der Waals surface area contributed by atoms with Crippen molar-refractivity contribution in [3.63, 3.8) is 0 Å². The van der Waals surface area contributed by atoms with E-state index < -0.39 is 0 Å². The van der Waals surface area contributed by atoms with Gasteiger partial charge < -0.3 is 0 Å². The fourth-order valence-corrected chi connectivity index (χ4v) is 5.18. The summed E-state index contributed by atoms with van der Waals surface area (Å²) >= 11 is 0. The molecule has 0 saturated carbocycles. The minimum absolute atomic E-state index is 0.0330. The molecule has 1 heterocycles. The minimum Gasteiger partial charge on any atom is -0.219 e. The monoisotopic (exact) mass is 458 g/mol. The molecule has 3 aromatic carbocycles. The lowest BCUT2D eigenvalue weighted by Crippen LogP contribution is -2.13. The van der Waals surface area contributed by atoms with E-state index in [0.717, 1.165) is 24.0 Å². The van der Waals surface area contributed by atoms with Crippen molar-refractivity contribution < 1.29 is 0 Å². The van der Waals surface area contributed by atoms with Crippen LogP contribution in [0.1, 0.15) is 72.6 Å². The first-order valence-corrected chi connectivity index (χ1v) is 12.2. The third kappa shape index (κ3) is 4.35. The van der Waals surface area contributed by atoms with Crippen molar-refractivity contribution in [2.24, 2.45) is 0 Å². The molecule has 4 aromatic rings. The molecule has 0 amide bonds. The van der Waals surface area contributed by atoms with Crippen LogP contribution in [-0.2, 0) is 11.8 Å². The predicted molar refractivity (Wildman–Crippen MR) is 140 cm³/mol.